The van der Waals surface area contributed by atoms with Crippen molar-refractivity contribution in [3.05, 3.63) is 53.1 Å². The van der Waals surface area contributed by atoms with Crippen LogP contribution in [-0.2, 0) is 11.3 Å². The van der Waals surface area contributed by atoms with Crippen LogP contribution in [-0.4, -0.2) is 22.4 Å². The number of carbonyl (C=O) groups excluding carboxylic acids is 1. The molecule has 5 nitrogen and oxygen atoms in total. The molecule has 2 aromatic rings. The molecule has 0 fully saturated rings. The Kier molecular flexibility index (Phi) is 4.11. The number of hydrogen-bond donors (Lipinski definition) is 0. The smallest absolute Gasteiger partial charge is 0.341 e. The summed E-state index contributed by atoms with van der Waals surface area (Å²) >= 11 is 0. The van der Waals surface area contributed by atoms with Gasteiger partial charge in [-0.25, -0.2) is 9.18 Å². The zero-order chi connectivity index (χ0) is 14.5. The lowest BCUT2D eigenvalue weighted by Crippen LogP contribution is -2.05. The maximum Gasteiger partial charge on any atom is 0.341 e. The lowest BCUT2D eigenvalue weighted by atomic mass is 10.1. The first-order valence-electron chi connectivity index (χ1n) is 6.02. The molecule has 0 saturated heterocycles. The van der Waals surface area contributed by atoms with E-state index in [2.05, 4.69) is 5.10 Å². The first kappa shape index (κ1) is 13.7. The maximum atomic E-state index is 13.2. The molecule has 0 radical (unpaired) electrons. The standard InChI is InChI=1S/C14H12FN3O2/c1-2-20-14(19)12-7-17-18(9-12)8-11-5-13(15)4-3-10(11)6-16/h3-5,7,9H,2,8H2,1H3. The quantitative estimate of drug-likeness (QED) is 0.800. The van der Waals surface area contributed by atoms with Crippen LogP contribution in [0.25, 0.3) is 0 Å². The number of hydrogen-bond acceptors (Lipinski definition) is 4. The second-order valence-electron chi connectivity index (χ2n) is 4.06. The Morgan fingerprint density at radius 2 is 2.35 bits per heavy atom. The fourth-order valence-corrected chi connectivity index (χ4v) is 1.75. The van der Waals surface area contributed by atoms with Gasteiger partial charge in [0.05, 0.1) is 36.5 Å². The molecular formula is C14H12FN3O2. The van der Waals surface area contributed by atoms with Crippen molar-refractivity contribution in [3.8, 4) is 6.07 Å². The minimum Gasteiger partial charge on any atom is -0.462 e. The summed E-state index contributed by atoms with van der Waals surface area (Å²) in [5.41, 5.74) is 1.20. The molecule has 0 unspecified atom stereocenters. The van der Waals surface area contributed by atoms with Crippen molar-refractivity contribution in [2.75, 3.05) is 6.61 Å². The third-order valence-electron chi connectivity index (χ3n) is 2.66. The Balaban J connectivity index is 2.21. The summed E-state index contributed by atoms with van der Waals surface area (Å²) in [5.74, 6) is -0.879. The van der Waals surface area contributed by atoms with Crippen molar-refractivity contribution in [2.45, 2.75) is 13.5 Å². The molecule has 6 heteroatoms. The molecule has 0 saturated carbocycles. The lowest BCUT2D eigenvalue weighted by Gasteiger charge is -2.04. The Morgan fingerprint density at radius 3 is 3.05 bits per heavy atom. The van der Waals surface area contributed by atoms with E-state index in [1.807, 2.05) is 6.07 Å². The average Bonchev–Trinajstić information content (AvgIpc) is 2.88. The number of rotatable bonds is 4. The number of carbonyl (C=O) groups is 1. The highest BCUT2D eigenvalue weighted by atomic mass is 19.1. The van der Waals surface area contributed by atoms with Crippen molar-refractivity contribution >= 4 is 5.97 Å². The number of nitrogens with zero attached hydrogens (tertiary/aromatic N) is 3. The summed E-state index contributed by atoms with van der Waals surface area (Å²) in [6.45, 7) is 2.21. The van der Waals surface area contributed by atoms with E-state index in [1.54, 1.807) is 6.92 Å². The molecule has 1 aromatic heterocycles. The number of esters is 1. The van der Waals surface area contributed by atoms with Gasteiger partial charge in [0.15, 0.2) is 0 Å². The summed E-state index contributed by atoms with van der Waals surface area (Å²) in [5, 5.41) is 13.0. The van der Waals surface area contributed by atoms with Gasteiger partial charge in [0.1, 0.15) is 5.82 Å². The van der Waals surface area contributed by atoms with Crippen LogP contribution in [0.4, 0.5) is 4.39 Å². The Labute approximate surface area is 115 Å². The van der Waals surface area contributed by atoms with Gasteiger partial charge < -0.3 is 4.74 Å². The minimum absolute atomic E-state index is 0.208. The summed E-state index contributed by atoms with van der Waals surface area (Å²) in [4.78, 5) is 11.5. The fourth-order valence-electron chi connectivity index (χ4n) is 1.75. The molecular weight excluding hydrogens is 261 g/mol. The molecule has 102 valence electrons. The highest BCUT2D eigenvalue weighted by Crippen LogP contribution is 2.12. The number of aromatic nitrogens is 2. The van der Waals surface area contributed by atoms with Gasteiger partial charge in [0.25, 0.3) is 0 Å². The first-order chi connectivity index (χ1) is 9.63. The van der Waals surface area contributed by atoms with Crippen LogP contribution in [0.5, 0.6) is 0 Å². The molecule has 0 N–H and O–H groups in total. The predicted molar refractivity (Wildman–Crippen MR) is 68.4 cm³/mol. The van der Waals surface area contributed by atoms with Gasteiger partial charge in [-0.2, -0.15) is 10.4 Å². The molecule has 0 bridgehead atoms. The van der Waals surface area contributed by atoms with Crippen LogP contribution in [0.15, 0.2) is 30.6 Å². The van der Waals surface area contributed by atoms with Crippen LogP contribution in [0, 0.1) is 17.1 Å². The highest BCUT2D eigenvalue weighted by Gasteiger charge is 2.11. The largest absolute Gasteiger partial charge is 0.462 e. The number of ether oxygens (including phenoxy) is 1. The number of halogens is 1. The van der Waals surface area contributed by atoms with Crippen LogP contribution in [0.1, 0.15) is 28.4 Å². The number of benzene rings is 1. The molecule has 20 heavy (non-hydrogen) atoms. The molecule has 0 spiro atoms. The zero-order valence-electron chi connectivity index (χ0n) is 10.8. The highest BCUT2D eigenvalue weighted by molar-refractivity contribution is 5.88. The Bertz CT molecular complexity index is 673. The minimum atomic E-state index is -0.460. The van der Waals surface area contributed by atoms with Crippen LogP contribution < -0.4 is 0 Å². The van der Waals surface area contributed by atoms with E-state index >= 15 is 0 Å². The van der Waals surface area contributed by atoms with E-state index in [0.717, 1.165) is 0 Å². The van der Waals surface area contributed by atoms with E-state index in [-0.39, 0.29) is 13.2 Å². The van der Waals surface area contributed by atoms with E-state index in [1.165, 1.54) is 35.3 Å². The van der Waals surface area contributed by atoms with Gasteiger partial charge in [-0.05, 0) is 30.7 Å². The second-order valence-corrected chi connectivity index (χ2v) is 4.06. The second kappa shape index (κ2) is 5.97. The van der Waals surface area contributed by atoms with Gasteiger partial charge >= 0.3 is 5.97 Å². The van der Waals surface area contributed by atoms with E-state index in [4.69, 9.17) is 10.00 Å². The van der Waals surface area contributed by atoms with Crippen molar-refractivity contribution < 1.29 is 13.9 Å². The van der Waals surface area contributed by atoms with Crippen molar-refractivity contribution in [1.82, 2.24) is 9.78 Å². The van der Waals surface area contributed by atoms with Crippen LogP contribution in [0.2, 0.25) is 0 Å². The van der Waals surface area contributed by atoms with Gasteiger partial charge in [-0.15, -0.1) is 0 Å². The predicted octanol–water partition coefficient (Wildman–Crippen LogP) is 2.12. The van der Waals surface area contributed by atoms with E-state index in [9.17, 15) is 9.18 Å². The monoisotopic (exact) mass is 273 g/mol. The molecule has 1 heterocycles. The molecule has 1 aromatic carbocycles. The van der Waals surface area contributed by atoms with Crippen LogP contribution >= 0.6 is 0 Å². The van der Waals surface area contributed by atoms with Gasteiger partial charge in [0.2, 0.25) is 0 Å². The van der Waals surface area contributed by atoms with E-state index in [0.29, 0.717) is 16.7 Å². The summed E-state index contributed by atoms with van der Waals surface area (Å²) in [6, 6.07) is 5.92. The molecule has 0 atom stereocenters. The fraction of sp³-hybridized carbons (Fsp3) is 0.214. The molecule has 0 aliphatic rings. The van der Waals surface area contributed by atoms with E-state index < -0.39 is 11.8 Å². The normalized spacial score (nSPS) is 10.1. The average molecular weight is 273 g/mol. The first-order valence-corrected chi connectivity index (χ1v) is 6.02. The number of nitriles is 1. The van der Waals surface area contributed by atoms with Crippen molar-refractivity contribution in [3.63, 3.8) is 0 Å². The van der Waals surface area contributed by atoms with Gasteiger partial charge in [-0.3, -0.25) is 4.68 Å². The summed E-state index contributed by atoms with van der Waals surface area (Å²) < 4.78 is 19.5. The molecule has 0 aliphatic carbocycles. The SMILES string of the molecule is CCOC(=O)c1cnn(Cc2cc(F)ccc2C#N)c1. The molecule has 2 rings (SSSR count). The maximum absolute atomic E-state index is 13.2. The topological polar surface area (TPSA) is 67.9 Å². The molecule has 0 aliphatic heterocycles. The third-order valence-corrected chi connectivity index (χ3v) is 2.66. The Hall–Kier alpha value is -2.68. The Morgan fingerprint density at radius 1 is 1.55 bits per heavy atom. The van der Waals surface area contributed by atoms with Crippen LogP contribution in [0.3, 0.4) is 0 Å². The van der Waals surface area contributed by atoms with Gasteiger partial charge in [-0.1, -0.05) is 0 Å². The third kappa shape index (κ3) is 3.01. The molecule has 0 amide bonds. The summed E-state index contributed by atoms with van der Waals surface area (Å²) in [6.07, 6.45) is 2.88. The lowest BCUT2D eigenvalue weighted by molar-refractivity contribution is 0.0526. The van der Waals surface area contributed by atoms with Crippen molar-refractivity contribution in [1.29, 1.82) is 5.26 Å². The zero-order valence-corrected chi connectivity index (χ0v) is 10.8. The van der Waals surface area contributed by atoms with Gasteiger partial charge in [0, 0.05) is 6.20 Å². The van der Waals surface area contributed by atoms with Crippen molar-refractivity contribution in [2.24, 2.45) is 0 Å². The summed E-state index contributed by atoms with van der Waals surface area (Å²) in [7, 11) is 0.